The monoisotopic (exact) mass is 506 g/mol. The molecule has 0 aromatic heterocycles. The molecule has 4 atom stereocenters. The lowest BCUT2D eigenvalue weighted by Gasteiger charge is -2.29. The Kier molecular flexibility index (Phi) is 11.5. The van der Waals surface area contributed by atoms with Crippen molar-refractivity contribution in [2.45, 2.75) is 70.1 Å². The lowest BCUT2D eigenvalue weighted by Crippen LogP contribution is -2.57. The molecule has 0 spiro atoms. The maximum Gasteiger partial charge on any atom is 0.326 e. The van der Waals surface area contributed by atoms with Gasteiger partial charge in [-0.05, 0) is 55.6 Å². The van der Waals surface area contributed by atoms with Gasteiger partial charge in [-0.25, -0.2) is 4.79 Å². The van der Waals surface area contributed by atoms with Crippen LogP contribution in [0.3, 0.4) is 0 Å². The van der Waals surface area contributed by atoms with Crippen molar-refractivity contribution in [3.8, 4) is 0 Å². The Bertz CT molecular complexity index is 867. The molecule has 35 heavy (non-hydrogen) atoms. The molecule has 10 heteroatoms. The van der Waals surface area contributed by atoms with Gasteiger partial charge in [-0.3, -0.25) is 14.4 Å². The van der Waals surface area contributed by atoms with Crippen LogP contribution in [-0.4, -0.2) is 76.4 Å². The fourth-order valence-corrected chi connectivity index (χ4v) is 4.67. The molecular weight excluding hydrogens is 468 g/mol. The van der Waals surface area contributed by atoms with Crippen LogP contribution in [0.5, 0.6) is 0 Å². The normalized spacial score (nSPS) is 18.1. The highest BCUT2D eigenvalue weighted by molar-refractivity contribution is 7.98. The number of carboxylic acids is 1. The Morgan fingerprint density at radius 3 is 2.37 bits per heavy atom. The van der Waals surface area contributed by atoms with E-state index >= 15 is 0 Å². The number of hydrogen-bond acceptors (Lipinski definition) is 6. The van der Waals surface area contributed by atoms with Crippen LogP contribution >= 0.6 is 11.8 Å². The molecule has 9 nitrogen and oxygen atoms in total. The third-order valence-electron chi connectivity index (χ3n) is 6.02. The molecule has 1 saturated heterocycles. The summed E-state index contributed by atoms with van der Waals surface area (Å²) in [5.41, 5.74) is 7.03. The smallest absolute Gasteiger partial charge is 0.326 e. The number of nitrogens with two attached hydrogens (primary N) is 1. The van der Waals surface area contributed by atoms with Crippen LogP contribution < -0.4 is 16.4 Å². The predicted molar refractivity (Wildman–Crippen MR) is 137 cm³/mol. The molecular formula is C25H38N4O5S. The van der Waals surface area contributed by atoms with E-state index in [1.54, 1.807) is 0 Å². The van der Waals surface area contributed by atoms with Gasteiger partial charge in [0.2, 0.25) is 17.7 Å². The Morgan fingerprint density at radius 1 is 1.11 bits per heavy atom. The molecule has 1 aromatic carbocycles. The Balaban J connectivity index is 2.10. The van der Waals surface area contributed by atoms with Crippen molar-refractivity contribution in [2.24, 2.45) is 11.7 Å². The Hall–Kier alpha value is -2.59. The fourth-order valence-electron chi connectivity index (χ4n) is 4.20. The van der Waals surface area contributed by atoms with E-state index in [-0.39, 0.29) is 5.92 Å². The summed E-state index contributed by atoms with van der Waals surface area (Å²) in [5, 5.41) is 15.0. The highest BCUT2D eigenvalue weighted by Gasteiger charge is 2.38. The lowest BCUT2D eigenvalue weighted by molar-refractivity contribution is -0.149. The first kappa shape index (κ1) is 28.6. The van der Waals surface area contributed by atoms with Crippen molar-refractivity contribution in [2.75, 3.05) is 18.6 Å². The van der Waals surface area contributed by atoms with Crippen molar-refractivity contribution >= 4 is 35.5 Å². The quantitative estimate of drug-likeness (QED) is 0.317. The van der Waals surface area contributed by atoms with Crippen LogP contribution in [0.15, 0.2) is 30.3 Å². The number of hydrogen-bond donors (Lipinski definition) is 4. The van der Waals surface area contributed by atoms with Crippen LogP contribution in [0.4, 0.5) is 0 Å². The van der Waals surface area contributed by atoms with E-state index in [2.05, 4.69) is 10.6 Å². The summed E-state index contributed by atoms with van der Waals surface area (Å²) in [6.07, 6.45) is 3.98. The number of benzene rings is 1. The molecule has 1 aliphatic heterocycles. The largest absolute Gasteiger partial charge is 0.480 e. The van der Waals surface area contributed by atoms with Gasteiger partial charge in [-0.15, -0.1) is 0 Å². The molecule has 4 unspecified atom stereocenters. The van der Waals surface area contributed by atoms with E-state index in [4.69, 9.17) is 5.73 Å². The van der Waals surface area contributed by atoms with Crippen LogP contribution in [0.2, 0.25) is 0 Å². The highest BCUT2D eigenvalue weighted by Crippen LogP contribution is 2.20. The Morgan fingerprint density at radius 2 is 1.77 bits per heavy atom. The number of aliphatic carboxylic acids is 1. The van der Waals surface area contributed by atoms with Crippen LogP contribution in [0, 0.1) is 5.92 Å². The summed E-state index contributed by atoms with van der Waals surface area (Å²) in [6.45, 7) is 4.23. The van der Waals surface area contributed by atoms with Gasteiger partial charge in [0.25, 0.3) is 0 Å². The number of carbonyl (C=O) groups excluding carboxylic acids is 3. The van der Waals surface area contributed by atoms with Gasteiger partial charge in [0.1, 0.15) is 18.1 Å². The summed E-state index contributed by atoms with van der Waals surface area (Å²) in [5.74, 6) is -1.62. The zero-order valence-electron chi connectivity index (χ0n) is 20.7. The zero-order chi connectivity index (χ0) is 26.0. The van der Waals surface area contributed by atoms with E-state index in [1.165, 1.54) is 16.7 Å². The number of carbonyl (C=O) groups is 4. The first-order chi connectivity index (χ1) is 16.6. The minimum atomic E-state index is -1.04. The first-order valence-electron chi connectivity index (χ1n) is 12.1. The number of likely N-dealkylation sites (tertiary alicyclic amines) is 1. The zero-order valence-corrected chi connectivity index (χ0v) is 21.6. The van der Waals surface area contributed by atoms with Gasteiger partial charge in [0, 0.05) is 6.54 Å². The minimum Gasteiger partial charge on any atom is -0.480 e. The second-order valence-corrected chi connectivity index (χ2v) is 10.3. The average molecular weight is 507 g/mol. The van der Waals surface area contributed by atoms with Gasteiger partial charge >= 0.3 is 5.97 Å². The van der Waals surface area contributed by atoms with Crippen LogP contribution in [0.25, 0.3) is 0 Å². The Labute approximate surface area is 211 Å². The molecule has 5 N–H and O–H groups in total. The standard InChI is InChI=1S/C25H38N4O5S/c1-16(2)14-20(28-22(30)18(26)15-17-8-5-4-6-9-17)23(31)27-19(11-13-35-3)24(32)29-12-7-10-21(29)25(33)34/h4-6,8-9,16,18-21H,7,10-15,26H2,1-3H3,(H,27,31)(H,28,30)(H,33,34). The fraction of sp³-hybridized carbons (Fsp3) is 0.600. The van der Waals surface area contributed by atoms with E-state index in [0.717, 1.165) is 5.56 Å². The van der Waals surface area contributed by atoms with E-state index in [0.29, 0.717) is 44.4 Å². The molecule has 3 amide bonds. The maximum atomic E-state index is 13.2. The van der Waals surface area contributed by atoms with Crippen LogP contribution in [0.1, 0.15) is 45.1 Å². The van der Waals surface area contributed by atoms with Gasteiger partial charge in [0.05, 0.1) is 6.04 Å². The SMILES string of the molecule is CSCCC(NC(=O)C(CC(C)C)NC(=O)C(N)Cc1ccccc1)C(=O)N1CCCC1C(=O)O. The number of amides is 3. The third kappa shape index (κ3) is 8.85. The summed E-state index contributed by atoms with van der Waals surface area (Å²) in [7, 11) is 0. The molecule has 0 saturated carbocycles. The highest BCUT2D eigenvalue weighted by atomic mass is 32.2. The molecule has 194 valence electrons. The summed E-state index contributed by atoms with van der Waals surface area (Å²) in [6, 6.07) is 5.97. The molecule has 2 rings (SSSR count). The van der Waals surface area contributed by atoms with Crippen molar-refractivity contribution in [3.05, 3.63) is 35.9 Å². The van der Waals surface area contributed by atoms with Gasteiger partial charge in [-0.1, -0.05) is 44.2 Å². The summed E-state index contributed by atoms with van der Waals surface area (Å²) in [4.78, 5) is 52.2. The summed E-state index contributed by atoms with van der Waals surface area (Å²) >= 11 is 1.53. The minimum absolute atomic E-state index is 0.103. The topological polar surface area (TPSA) is 142 Å². The van der Waals surface area contributed by atoms with Crippen molar-refractivity contribution in [1.82, 2.24) is 15.5 Å². The van der Waals surface area contributed by atoms with Gasteiger partial charge in [-0.2, -0.15) is 11.8 Å². The van der Waals surface area contributed by atoms with Crippen LogP contribution in [-0.2, 0) is 25.6 Å². The predicted octanol–water partition coefficient (Wildman–Crippen LogP) is 1.40. The lowest BCUT2D eigenvalue weighted by atomic mass is 10.0. The molecule has 0 aliphatic carbocycles. The van der Waals surface area contributed by atoms with Gasteiger partial charge in [0.15, 0.2) is 0 Å². The number of thioether (sulfide) groups is 1. The van der Waals surface area contributed by atoms with Crippen molar-refractivity contribution < 1.29 is 24.3 Å². The molecule has 1 aliphatic rings. The second kappa shape index (κ2) is 14.1. The average Bonchev–Trinajstić information content (AvgIpc) is 3.31. The number of rotatable bonds is 13. The molecule has 0 radical (unpaired) electrons. The second-order valence-electron chi connectivity index (χ2n) is 9.36. The first-order valence-corrected chi connectivity index (χ1v) is 13.5. The number of carboxylic acid groups (broad SMARTS) is 1. The molecule has 1 fully saturated rings. The van der Waals surface area contributed by atoms with E-state index in [9.17, 15) is 24.3 Å². The summed E-state index contributed by atoms with van der Waals surface area (Å²) < 4.78 is 0. The molecule has 0 bridgehead atoms. The number of nitrogens with one attached hydrogen (secondary N) is 2. The third-order valence-corrected chi connectivity index (χ3v) is 6.67. The van der Waals surface area contributed by atoms with Crippen molar-refractivity contribution in [1.29, 1.82) is 0 Å². The molecule has 1 heterocycles. The van der Waals surface area contributed by atoms with E-state index in [1.807, 2.05) is 50.4 Å². The van der Waals surface area contributed by atoms with Gasteiger partial charge < -0.3 is 26.4 Å². The van der Waals surface area contributed by atoms with Crippen molar-refractivity contribution in [3.63, 3.8) is 0 Å². The number of nitrogens with zero attached hydrogens (tertiary/aromatic N) is 1. The maximum absolute atomic E-state index is 13.2. The van der Waals surface area contributed by atoms with E-state index < -0.39 is 47.9 Å². The molecule has 1 aromatic rings.